The standard InChI is InChI=1S/C18H16BrNO2/c19-14-6-7-15-16(10-14)20(12-18(15)8-9-18)17(21)22-11-13-4-2-1-3-5-13/h1-7,10H,8-9,11-12H2. The van der Waals surface area contributed by atoms with Gasteiger partial charge in [-0.05, 0) is 36.1 Å². The largest absolute Gasteiger partial charge is 0.444 e. The van der Waals surface area contributed by atoms with Crippen LogP contribution in [0.3, 0.4) is 0 Å². The molecule has 1 aliphatic carbocycles. The molecule has 112 valence electrons. The Morgan fingerprint density at radius 3 is 2.68 bits per heavy atom. The topological polar surface area (TPSA) is 29.5 Å². The average Bonchev–Trinajstić information content (AvgIpc) is 3.24. The van der Waals surface area contributed by atoms with E-state index in [2.05, 4.69) is 28.1 Å². The van der Waals surface area contributed by atoms with Gasteiger partial charge in [-0.25, -0.2) is 4.79 Å². The number of rotatable bonds is 2. The molecular formula is C18H16BrNO2. The van der Waals surface area contributed by atoms with Gasteiger partial charge in [-0.15, -0.1) is 0 Å². The van der Waals surface area contributed by atoms with Crippen molar-refractivity contribution in [2.24, 2.45) is 0 Å². The summed E-state index contributed by atoms with van der Waals surface area (Å²) in [5.74, 6) is 0. The zero-order valence-corrected chi connectivity index (χ0v) is 13.7. The summed E-state index contributed by atoms with van der Waals surface area (Å²) in [4.78, 5) is 14.3. The Balaban J connectivity index is 1.54. The third-order valence-corrected chi connectivity index (χ3v) is 5.06. The first kappa shape index (κ1) is 13.8. The summed E-state index contributed by atoms with van der Waals surface area (Å²) in [6.07, 6.45) is 2.06. The van der Waals surface area contributed by atoms with Gasteiger partial charge in [0.15, 0.2) is 0 Å². The molecule has 2 aliphatic rings. The fourth-order valence-electron chi connectivity index (χ4n) is 3.19. The summed E-state index contributed by atoms with van der Waals surface area (Å²) in [5, 5.41) is 0. The molecule has 22 heavy (non-hydrogen) atoms. The third kappa shape index (κ3) is 2.31. The quantitative estimate of drug-likeness (QED) is 0.783. The molecule has 3 nitrogen and oxygen atoms in total. The number of halogens is 1. The maximum absolute atomic E-state index is 12.5. The Hall–Kier alpha value is -1.81. The van der Waals surface area contributed by atoms with Crippen LogP contribution in [-0.2, 0) is 16.8 Å². The van der Waals surface area contributed by atoms with E-state index < -0.39 is 0 Å². The molecule has 1 saturated carbocycles. The lowest BCUT2D eigenvalue weighted by molar-refractivity contribution is 0.147. The van der Waals surface area contributed by atoms with Gasteiger partial charge in [0.2, 0.25) is 0 Å². The number of fused-ring (bicyclic) bond motifs is 2. The predicted molar refractivity (Wildman–Crippen MR) is 89.0 cm³/mol. The molecule has 0 atom stereocenters. The van der Waals surface area contributed by atoms with E-state index in [0.717, 1.165) is 35.1 Å². The molecule has 1 fully saturated rings. The van der Waals surface area contributed by atoms with Crippen LogP contribution in [-0.4, -0.2) is 12.6 Å². The molecular weight excluding hydrogens is 342 g/mol. The normalized spacial score (nSPS) is 17.4. The molecule has 0 radical (unpaired) electrons. The highest BCUT2D eigenvalue weighted by atomic mass is 79.9. The maximum atomic E-state index is 12.5. The monoisotopic (exact) mass is 357 g/mol. The molecule has 0 unspecified atom stereocenters. The van der Waals surface area contributed by atoms with Crippen molar-refractivity contribution < 1.29 is 9.53 Å². The number of hydrogen-bond donors (Lipinski definition) is 0. The Morgan fingerprint density at radius 2 is 1.95 bits per heavy atom. The lowest BCUT2D eigenvalue weighted by Gasteiger charge is -2.17. The van der Waals surface area contributed by atoms with Crippen LogP contribution in [0.4, 0.5) is 10.5 Å². The summed E-state index contributed by atoms with van der Waals surface area (Å²) in [7, 11) is 0. The Kier molecular flexibility index (Phi) is 3.22. The van der Waals surface area contributed by atoms with Crippen LogP contribution in [0.15, 0.2) is 53.0 Å². The highest BCUT2D eigenvalue weighted by Gasteiger charge is 2.53. The fraction of sp³-hybridized carbons (Fsp3) is 0.278. The van der Waals surface area contributed by atoms with E-state index in [-0.39, 0.29) is 11.5 Å². The zero-order valence-electron chi connectivity index (χ0n) is 12.1. The van der Waals surface area contributed by atoms with E-state index in [4.69, 9.17) is 4.74 Å². The van der Waals surface area contributed by atoms with Crippen molar-refractivity contribution in [2.75, 3.05) is 11.4 Å². The van der Waals surface area contributed by atoms with Gasteiger partial charge in [0.25, 0.3) is 0 Å². The van der Waals surface area contributed by atoms with Gasteiger partial charge in [-0.2, -0.15) is 0 Å². The molecule has 0 bridgehead atoms. The summed E-state index contributed by atoms with van der Waals surface area (Å²) < 4.78 is 6.49. The van der Waals surface area contributed by atoms with Crippen LogP contribution in [0.2, 0.25) is 0 Å². The number of hydrogen-bond acceptors (Lipinski definition) is 2. The van der Waals surface area contributed by atoms with Crippen molar-refractivity contribution in [3.05, 3.63) is 64.1 Å². The molecule has 1 aliphatic heterocycles. The average molecular weight is 358 g/mol. The smallest absolute Gasteiger partial charge is 0.414 e. The van der Waals surface area contributed by atoms with Crippen LogP contribution < -0.4 is 4.90 Å². The molecule has 2 aromatic carbocycles. The molecule has 0 N–H and O–H groups in total. The lowest BCUT2D eigenvalue weighted by Crippen LogP contribution is -2.31. The highest BCUT2D eigenvalue weighted by molar-refractivity contribution is 9.10. The molecule has 0 saturated heterocycles. The molecule has 2 aromatic rings. The first-order valence-electron chi connectivity index (χ1n) is 7.46. The Morgan fingerprint density at radius 1 is 1.18 bits per heavy atom. The van der Waals surface area contributed by atoms with E-state index >= 15 is 0 Å². The first-order chi connectivity index (χ1) is 10.7. The maximum Gasteiger partial charge on any atom is 0.414 e. The van der Waals surface area contributed by atoms with Crippen molar-refractivity contribution >= 4 is 27.7 Å². The minimum Gasteiger partial charge on any atom is -0.444 e. The second kappa shape index (κ2) is 5.13. The van der Waals surface area contributed by atoms with Crippen molar-refractivity contribution in [1.82, 2.24) is 0 Å². The second-order valence-corrected chi connectivity index (χ2v) is 6.98. The molecule has 0 aromatic heterocycles. The Labute approximate surface area is 138 Å². The van der Waals surface area contributed by atoms with Gasteiger partial charge in [0.05, 0.1) is 5.69 Å². The van der Waals surface area contributed by atoms with Gasteiger partial charge in [-0.3, -0.25) is 4.90 Å². The number of anilines is 1. The Bertz CT molecular complexity index is 725. The first-order valence-corrected chi connectivity index (χ1v) is 8.26. The van der Waals surface area contributed by atoms with E-state index in [1.807, 2.05) is 36.4 Å². The minimum absolute atomic E-state index is 0.182. The van der Waals surface area contributed by atoms with E-state index in [1.165, 1.54) is 5.56 Å². The molecule has 4 rings (SSSR count). The van der Waals surface area contributed by atoms with Gasteiger partial charge in [0, 0.05) is 16.4 Å². The molecule has 4 heteroatoms. The van der Waals surface area contributed by atoms with Crippen molar-refractivity contribution in [3.8, 4) is 0 Å². The van der Waals surface area contributed by atoms with Crippen molar-refractivity contribution in [2.45, 2.75) is 24.9 Å². The highest BCUT2D eigenvalue weighted by Crippen LogP contribution is 2.56. The SMILES string of the molecule is O=C(OCc1ccccc1)N1CC2(CC2)c2ccc(Br)cc21. The summed E-state index contributed by atoms with van der Waals surface area (Å²) in [5.41, 5.74) is 3.46. The van der Waals surface area contributed by atoms with Crippen LogP contribution >= 0.6 is 15.9 Å². The van der Waals surface area contributed by atoms with Crippen LogP contribution in [0, 0.1) is 0 Å². The summed E-state index contributed by atoms with van der Waals surface area (Å²) in [6.45, 7) is 1.05. The minimum atomic E-state index is -0.257. The summed E-state index contributed by atoms with van der Waals surface area (Å²) >= 11 is 3.50. The number of ether oxygens (including phenoxy) is 1. The molecule has 1 heterocycles. The lowest BCUT2D eigenvalue weighted by atomic mass is 9.99. The number of carbonyl (C=O) groups is 1. The van der Waals surface area contributed by atoms with E-state index in [0.29, 0.717) is 6.61 Å². The zero-order chi connectivity index (χ0) is 15.2. The number of nitrogens with zero attached hydrogens (tertiary/aromatic N) is 1. The van der Waals surface area contributed by atoms with Gasteiger partial charge in [0.1, 0.15) is 6.61 Å². The van der Waals surface area contributed by atoms with Crippen LogP contribution in [0.5, 0.6) is 0 Å². The van der Waals surface area contributed by atoms with E-state index in [1.54, 1.807) is 4.90 Å². The van der Waals surface area contributed by atoms with Crippen molar-refractivity contribution in [1.29, 1.82) is 0 Å². The molecule has 1 amide bonds. The van der Waals surface area contributed by atoms with E-state index in [9.17, 15) is 4.79 Å². The van der Waals surface area contributed by atoms with Gasteiger partial charge in [-0.1, -0.05) is 52.3 Å². The van der Waals surface area contributed by atoms with Gasteiger partial charge < -0.3 is 4.74 Å². The van der Waals surface area contributed by atoms with Crippen LogP contribution in [0.25, 0.3) is 0 Å². The van der Waals surface area contributed by atoms with Gasteiger partial charge >= 0.3 is 6.09 Å². The summed E-state index contributed by atoms with van der Waals surface area (Å²) in [6, 6.07) is 16.0. The predicted octanol–water partition coefficient (Wildman–Crippen LogP) is 4.64. The third-order valence-electron chi connectivity index (χ3n) is 4.56. The van der Waals surface area contributed by atoms with Crippen molar-refractivity contribution in [3.63, 3.8) is 0 Å². The molecule has 1 spiro atoms. The number of amides is 1. The van der Waals surface area contributed by atoms with Crippen LogP contribution in [0.1, 0.15) is 24.0 Å². The second-order valence-electron chi connectivity index (χ2n) is 6.07. The number of benzene rings is 2. The fourth-order valence-corrected chi connectivity index (χ4v) is 3.54. The number of carbonyl (C=O) groups excluding carboxylic acids is 1.